The quantitative estimate of drug-likeness (QED) is 0.235. The summed E-state index contributed by atoms with van der Waals surface area (Å²) in [6.07, 6.45) is -20.6. The van der Waals surface area contributed by atoms with E-state index >= 15 is 0 Å². The van der Waals surface area contributed by atoms with E-state index in [0.717, 1.165) is 0 Å². The maximum Gasteiger partial charge on any atom is 1.00 e. The van der Waals surface area contributed by atoms with Gasteiger partial charge in [-0.05, 0) is 0 Å². The number of ether oxygens (including phenoxy) is 3. The number of aliphatic hydroxyl groups is 6. The Morgan fingerprint density at radius 2 is 1.22 bits per heavy atom. The fraction of sp³-hybridized carbons (Fsp3) is 0.833. The van der Waals surface area contributed by atoms with E-state index in [1.54, 1.807) is 0 Å². The minimum atomic E-state index is -2.14. The summed E-state index contributed by atoms with van der Waals surface area (Å²) >= 11 is 0. The van der Waals surface area contributed by atoms with Gasteiger partial charge in [-0.2, -0.15) is 0 Å². The molecule has 0 aromatic heterocycles. The van der Waals surface area contributed by atoms with Crippen molar-refractivity contribution in [1.29, 1.82) is 0 Å². The van der Waals surface area contributed by atoms with E-state index < -0.39 is 73.4 Å². The molecule has 0 aromatic carbocycles. The Balaban J connectivity index is 0.00000338. The Morgan fingerprint density at radius 3 is 1.70 bits per heavy atom. The maximum atomic E-state index is 11.1. The standard InChI is InChI=1S/C12H18O13.2Na/c13-1-2(14)7(9(18)19)25-12(5(1)17)24-6-3(15)4(16)11(22)23-8(6)10(20)21;;/h1-8,11-17,22H,(H,18,19)(H,20,21);;/q;2*+1/p-2/t1-,2+,3+,4+,5+,6+,7-,8-,11-,12-;;/m0../s1. The van der Waals surface area contributed by atoms with Crippen LogP contribution in [-0.2, 0) is 23.8 Å². The van der Waals surface area contributed by atoms with Crippen LogP contribution in [0.4, 0.5) is 0 Å². The van der Waals surface area contributed by atoms with Crippen LogP contribution in [0.5, 0.6) is 0 Å². The average Bonchev–Trinajstić information content (AvgIpc) is 2.54. The van der Waals surface area contributed by atoms with Gasteiger partial charge in [0.15, 0.2) is 12.6 Å². The molecule has 0 radical (unpaired) electrons. The molecular weight excluding hydrogens is 398 g/mol. The Labute approximate surface area is 196 Å². The van der Waals surface area contributed by atoms with Crippen molar-refractivity contribution in [2.75, 3.05) is 0 Å². The van der Waals surface area contributed by atoms with Crippen LogP contribution in [-0.4, -0.2) is 104 Å². The molecule has 2 aliphatic heterocycles. The maximum absolute atomic E-state index is 11.1. The van der Waals surface area contributed by atoms with Gasteiger partial charge in [0.1, 0.15) is 48.8 Å². The van der Waals surface area contributed by atoms with Crippen molar-refractivity contribution in [3.05, 3.63) is 0 Å². The Kier molecular flexibility index (Phi) is 11.3. The zero-order chi connectivity index (χ0) is 19.0. The van der Waals surface area contributed by atoms with Crippen LogP contribution in [0.3, 0.4) is 0 Å². The van der Waals surface area contributed by atoms with Gasteiger partial charge in [-0.1, -0.05) is 0 Å². The zero-order valence-electron chi connectivity index (χ0n) is 14.3. The van der Waals surface area contributed by atoms with E-state index in [4.69, 9.17) is 9.47 Å². The molecule has 15 heteroatoms. The number of carboxylic acid groups (broad SMARTS) is 2. The third kappa shape index (κ3) is 5.81. The van der Waals surface area contributed by atoms with Gasteiger partial charge >= 0.3 is 59.1 Å². The predicted molar refractivity (Wildman–Crippen MR) is 64.5 cm³/mol. The molecule has 2 rings (SSSR count). The number of rotatable bonds is 4. The molecule has 0 unspecified atom stereocenters. The Bertz CT molecular complexity index is 522. The first-order valence-electron chi connectivity index (χ1n) is 7.02. The van der Waals surface area contributed by atoms with Crippen molar-refractivity contribution < 1.29 is 124 Å². The van der Waals surface area contributed by atoms with Gasteiger partial charge in [0.25, 0.3) is 0 Å². The van der Waals surface area contributed by atoms with E-state index in [2.05, 4.69) is 4.74 Å². The zero-order valence-corrected chi connectivity index (χ0v) is 18.3. The summed E-state index contributed by atoms with van der Waals surface area (Å²) in [4.78, 5) is 21.9. The first-order valence-corrected chi connectivity index (χ1v) is 7.02. The molecule has 13 nitrogen and oxygen atoms in total. The summed E-state index contributed by atoms with van der Waals surface area (Å²) in [5.74, 6) is -3.92. The molecular formula is C12H16Na2O13. The van der Waals surface area contributed by atoms with Crippen molar-refractivity contribution in [2.45, 2.75) is 61.4 Å². The Morgan fingerprint density at radius 1 is 0.704 bits per heavy atom. The van der Waals surface area contributed by atoms with Crippen LogP contribution in [0.25, 0.3) is 0 Å². The number of aliphatic hydroxyl groups excluding tert-OH is 6. The summed E-state index contributed by atoms with van der Waals surface area (Å²) in [6.45, 7) is 0. The fourth-order valence-corrected chi connectivity index (χ4v) is 2.50. The third-order valence-electron chi connectivity index (χ3n) is 3.89. The largest absolute Gasteiger partial charge is 1.00 e. The van der Waals surface area contributed by atoms with Crippen molar-refractivity contribution in [3.8, 4) is 0 Å². The molecule has 0 spiro atoms. The van der Waals surface area contributed by atoms with E-state index in [-0.39, 0.29) is 59.1 Å². The minimum Gasteiger partial charge on any atom is -0.547 e. The molecule has 6 N–H and O–H groups in total. The summed E-state index contributed by atoms with van der Waals surface area (Å²) in [5.41, 5.74) is 0. The molecule has 2 aliphatic rings. The van der Waals surface area contributed by atoms with Crippen LogP contribution in [0.2, 0.25) is 0 Å². The van der Waals surface area contributed by atoms with Crippen LogP contribution < -0.4 is 69.3 Å². The van der Waals surface area contributed by atoms with E-state index in [1.165, 1.54) is 0 Å². The number of carbonyl (C=O) groups excluding carboxylic acids is 2. The summed E-state index contributed by atoms with van der Waals surface area (Å²) in [5, 5.41) is 79.6. The normalized spacial score (nSPS) is 44.5. The van der Waals surface area contributed by atoms with Crippen molar-refractivity contribution in [1.82, 2.24) is 0 Å². The number of aliphatic carboxylic acids is 2. The smallest absolute Gasteiger partial charge is 0.547 e. The molecule has 2 fully saturated rings. The molecule has 2 heterocycles. The fourth-order valence-electron chi connectivity index (χ4n) is 2.50. The summed E-state index contributed by atoms with van der Waals surface area (Å²) < 4.78 is 14.2. The van der Waals surface area contributed by atoms with Gasteiger partial charge in [0.2, 0.25) is 0 Å². The number of hydrogen-bond donors (Lipinski definition) is 6. The molecule has 2 saturated heterocycles. The molecule has 27 heavy (non-hydrogen) atoms. The van der Waals surface area contributed by atoms with Crippen LogP contribution >= 0.6 is 0 Å². The minimum absolute atomic E-state index is 0. The van der Waals surface area contributed by atoms with Crippen LogP contribution in [0.15, 0.2) is 0 Å². The Hall–Kier alpha value is 0.580. The van der Waals surface area contributed by atoms with Crippen molar-refractivity contribution in [2.24, 2.45) is 0 Å². The van der Waals surface area contributed by atoms with Crippen LogP contribution in [0, 0.1) is 0 Å². The van der Waals surface area contributed by atoms with Crippen LogP contribution in [0.1, 0.15) is 0 Å². The second kappa shape index (κ2) is 11.1. The van der Waals surface area contributed by atoms with Gasteiger partial charge in [0, 0.05) is 0 Å². The van der Waals surface area contributed by atoms with Crippen molar-refractivity contribution in [3.63, 3.8) is 0 Å². The second-order valence-corrected chi connectivity index (χ2v) is 5.56. The molecule has 144 valence electrons. The van der Waals surface area contributed by atoms with E-state index in [0.29, 0.717) is 0 Å². The third-order valence-corrected chi connectivity index (χ3v) is 3.89. The van der Waals surface area contributed by atoms with Gasteiger partial charge in [-0.25, -0.2) is 0 Å². The molecule has 0 aliphatic carbocycles. The molecule has 0 amide bonds. The van der Waals surface area contributed by atoms with Gasteiger partial charge in [-0.15, -0.1) is 0 Å². The number of hydrogen-bond acceptors (Lipinski definition) is 13. The monoisotopic (exact) mass is 414 g/mol. The van der Waals surface area contributed by atoms with E-state index in [9.17, 15) is 50.4 Å². The number of carbonyl (C=O) groups is 2. The SMILES string of the molecule is O=C([O-])[C@H]1O[C@H](O[C@@H]2[C@H](O)[C@@H](O)[C@@H](O)O[C@@H]2C(=O)[O-])[C@H](O)[C@@H](O)[C@H]1O.[Na+].[Na+]. The van der Waals surface area contributed by atoms with Gasteiger partial charge < -0.3 is 64.7 Å². The van der Waals surface area contributed by atoms with Gasteiger partial charge in [0.05, 0.1) is 11.9 Å². The predicted octanol–water partition coefficient (Wildman–Crippen LogP) is -13.9. The van der Waals surface area contributed by atoms with Crippen molar-refractivity contribution >= 4 is 11.9 Å². The first kappa shape index (κ1) is 27.6. The number of carboxylic acids is 2. The molecule has 0 aromatic rings. The second-order valence-electron chi connectivity index (χ2n) is 5.56. The molecule has 10 atom stereocenters. The first-order chi connectivity index (χ1) is 11.6. The average molecular weight is 414 g/mol. The molecule has 0 saturated carbocycles. The topological polar surface area (TPSA) is 229 Å². The van der Waals surface area contributed by atoms with E-state index in [1.807, 2.05) is 0 Å². The summed E-state index contributed by atoms with van der Waals surface area (Å²) in [6, 6.07) is 0. The summed E-state index contributed by atoms with van der Waals surface area (Å²) in [7, 11) is 0. The molecule has 0 bridgehead atoms. The van der Waals surface area contributed by atoms with Gasteiger partial charge in [-0.3, -0.25) is 0 Å².